The minimum Gasteiger partial charge on any atom is -0.271 e. The molecule has 15 heavy (non-hydrogen) atoms. The fraction of sp³-hybridized carbons (Fsp3) is 0.333. The summed E-state index contributed by atoms with van der Waals surface area (Å²) in [6.07, 6.45) is 5.08. The molecule has 2 nitrogen and oxygen atoms in total. The van der Waals surface area contributed by atoms with Crippen molar-refractivity contribution in [2.45, 2.75) is 25.3 Å². The number of nitrogens with one attached hydrogen (secondary N) is 1. The molecule has 0 amide bonds. The molecule has 3 N–H and O–H groups in total. The number of allylic oxidation sites excluding steroid dienone is 1. The van der Waals surface area contributed by atoms with Crippen LogP contribution in [0.4, 0.5) is 0 Å². The lowest BCUT2D eigenvalue weighted by Gasteiger charge is -2.17. The summed E-state index contributed by atoms with van der Waals surface area (Å²) in [7, 11) is 0. The zero-order valence-corrected chi connectivity index (χ0v) is 10.3. The van der Waals surface area contributed by atoms with Gasteiger partial charge in [0.2, 0.25) is 0 Å². The molecule has 0 saturated heterocycles. The molecule has 0 aliphatic heterocycles. The van der Waals surface area contributed by atoms with Crippen LogP contribution in [-0.4, -0.2) is 0 Å². The second-order valence-corrected chi connectivity index (χ2v) is 4.31. The molecule has 0 saturated carbocycles. The quantitative estimate of drug-likeness (QED) is 0.360. The van der Waals surface area contributed by atoms with E-state index in [4.69, 9.17) is 5.84 Å². The molecule has 0 fully saturated rings. The highest BCUT2D eigenvalue weighted by Crippen LogP contribution is 2.26. The Balaban J connectivity index is 2.65. The summed E-state index contributed by atoms with van der Waals surface area (Å²) in [5.41, 5.74) is 4.07. The van der Waals surface area contributed by atoms with Crippen LogP contribution in [0.3, 0.4) is 0 Å². The molecule has 0 heterocycles. The van der Waals surface area contributed by atoms with E-state index < -0.39 is 0 Å². The van der Waals surface area contributed by atoms with E-state index in [1.807, 2.05) is 24.3 Å². The zero-order valence-electron chi connectivity index (χ0n) is 8.75. The van der Waals surface area contributed by atoms with Crippen molar-refractivity contribution in [1.82, 2.24) is 5.43 Å². The Hall–Kier alpha value is -0.640. The Morgan fingerprint density at radius 3 is 2.80 bits per heavy atom. The van der Waals surface area contributed by atoms with Gasteiger partial charge in [0.05, 0.1) is 0 Å². The van der Waals surface area contributed by atoms with Gasteiger partial charge >= 0.3 is 0 Å². The van der Waals surface area contributed by atoms with E-state index in [0.29, 0.717) is 0 Å². The fourth-order valence-corrected chi connectivity index (χ4v) is 2.11. The summed E-state index contributed by atoms with van der Waals surface area (Å²) in [5.74, 6) is 5.56. The van der Waals surface area contributed by atoms with E-state index in [0.717, 1.165) is 23.7 Å². The lowest BCUT2D eigenvalue weighted by atomic mass is 10.0. The van der Waals surface area contributed by atoms with Gasteiger partial charge in [0.1, 0.15) is 0 Å². The number of benzene rings is 1. The van der Waals surface area contributed by atoms with Gasteiger partial charge < -0.3 is 0 Å². The third-order valence-corrected chi connectivity index (χ3v) is 3.11. The first-order chi connectivity index (χ1) is 7.29. The summed E-state index contributed by atoms with van der Waals surface area (Å²) < 4.78 is 1.10. The largest absolute Gasteiger partial charge is 0.271 e. The van der Waals surface area contributed by atoms with E-state index in [1.165, 1.54) is 5.56 Å². The molecular formula is C12H17BrN2. The maximum atomic E-state index is 5.56. The standard InChI is InChI=1S/C12H17BrN2/c1-2-3-4-9-12(15-14)10-7-5-6-8-11(10)13/h2,5-8,12,15H,1,3-4,9,14H2. The van der Waals surface area contributed by atoms with Crippen molar-refractivity contribution in [1.29, 1.82) is 0 Å². The highest BCUT2D eigenvalue weighted by Gasteiger charge is 2.11. The van der Waals surface area contributed by atoms with Crippen molar-refractivity contribution in [2.24, 2.45) is 5.84 Å². The maximum Gasteiger partial charge on any atom is 0.0471 e. The smallest absolute Gasteiger partial charge is 0.0471 e. The molecule has 0 bridgehead atoms. The summed E-state index contributed by atoms with van der Waals surface area (Å²) >= 11 is 3.53. The molecule has 3 heteroatoms. The second-order valence-electron chi connectivity index (χ2n) is 3.46. The predicted octanol–water partition coefficient (Wildman–Crippen LogP) is 3.31. The van der Waals surface area contributed by atoms with Crippen molar-refractivity contribution in [2.75, 3.05) is 0 Å². The number of unbranched alkanes of at least 4 members (excludes halogenated alkanes) is 1. The van der Waals surface area contributed by atoms with Crippen LogP contribution in [0.15, 0.2) is 41.4 Å². The van der Waals surface area contributed by atoms with Crippen LogP contribution < -0.4 is 11.3 Å². The average molecular weight is 269 g/mol. The molecule has 82 valence electrons. The van der Waals surface area contributed by atoms with Gasteiger partial charge in [-0.15, -0.1) is 6.58 Å². The Kier molecular flexibility index (Phi) is 5.61. The number of hydrazine groups is 1. The van der Waals surface area contributed by atoms with Gasteiger partial charge in [-0.2, -0.15) is 0 Å². The van der Waals surface area contributed by atoms with Crippen LogP contribution in [0.5, 0.6) is 0 Å². The van der Waals surface area contributed by atoms with Gasteiger partial charge in [-0.25, -0.2) is 0 Å². The molecule has 1 rings (SSSR count). The van der Waals surface area contributed by atoms with Crippen LogP contribution in [0.2, 0.25) is 0 Å². The van der Waals surface area contributed by atoms with E-state index >= 15 is 0 Å². The van der Waals surface area contributed by atoms with Gasteiger partial charge in [-0.05, 0) is 30.9 Å². The monoisotopic (exact) mass is 268 g/mol. The lowest BCUT2D eigenvalue weighted by Crippen LogP contribution is -2.28. The number of hydrogen-bond donors (Lipinski definition) is 2. The fourth-order valence-electron chi connectivity index (χ4n) is 1.55. The van der Waals surface area contributed by atoms with Crippen molar-refractivity contribution in [3.8, 4) is 0 Å². The van der Waals surface area contributed by atoms with Crippen LogP contribution in [0, 0.1) is 0 Å². The molecule has 0 spiro atoms. The molecule has 1 atom stereocenters. The third kappa shape index (κ3) is 3.78. The number of nitrogens with two attached hydrogens (primary N) is 1. The minimum atomic E-state index is 0.209. The summed E-state index contributed by atoms with van der Waals surface area (Å²) in [4.78, 5) is 0. The topological polar surface area (TPSA) is 38.0 Å². The van der Waals surface area contributed by atoms with Gasteiger partial charge in [-0.3, -0.25) is 11.3 Å². The van der Waals surface area contributed by atoms with Gasteiger partial charge in [-0.1, -0.05) is 40.2 Å². The molecule has 0 aliphatic carbocycles. The predicted molar refractivity (Wildman–Crippen MR) is 68.3 cm³/mol. The average Bonchev–Trinajstić information content (AvgIpc) is 2.26. The molecule has 1 aromatic carbocycles. The van der Waals surface area contributed by atoms with Crippen LogP contribution in [-0.2, 0) is 0 Å². The second kappa shape index (κ2) is 6.77. The molecule has 1 aromatic rings. The van der Waals surface area contributed by atoms with Gasteiger partial charge in [0.15, 0.2) is 0 Å². The van der Waals surface area contributed by atoms with Crippen molar-refractivity contribution in [3.63, 3.8) is 0 Å². The SMILES string of the molecule is C=CCCCC(NN)c1ccccc1Br. The lowest BCUT2D eigenvalue weighted by molar-refractivity contribution is 0.499. The van der Waals surface area contributed by atoms with Gasteiger partial charge in [0.25, 0.3) is 0 Å². The minimum absolute atomic E-state index is 0.209. The normalized spacial score (nSPS) is 12.4. The molecule has 0 radical (unpaired) electrons. The Bertz CT molecular complexity index is 312. The number of halogens is 1. The maximum absolute atomic E-state index is 5.56. The van der Waals surface area contributed by atoms with E-state index in [2.05, 4.69) is 34.0 Å². The highest BCUT2D eigenvalue weighted by atomic mass is 79.9. The van der Waals surface area contributed by atoms with Crippen LogP contribution >= 0.6 is 15.9 Å². The van der Waals surface area contributed by atoms with E-state index in [9.17, 15) is 0 Å². The molecule has 0 aromatic heterocycles. The summed E-state index contributed by atoms with van der Waals surface area (Å²) in [6, 6.07) is 8.36. The van der Waals surface area contributed by atoms with Crippen molar-refractivity contribution >= 4 is 15.9 Å². The van der Waals surface area contributed by atoms with E-state index in [1.54, 1.807) is 0 Å². The van der Waals surface area contributed by atoms with E-state index in [-0.39, 0.29) is 6.04 Å². The summed E-state index contributed by atoms with van der Waals surface area (Å²) in [5, 5.41) is 0. The number of rotatable bonds is 6. The Morgan fingerprint density at radius 1 is 1.47 bits per heavy atom. The Labute approximate surface area is 99.7 Å². The molecule has 0 aliphatic rings. The highest BCUT2D eigenvalue weighted by molar-refractivity contribution is 9.10. The third-order valence-electron chi connectivity index (χ3n) is 2.38. The van der Waals surface area contributed by atoms with Crippen molar-refractivity contribution in [3.05, 3.63) is 47.0 Å². The van der Waals surface area contributed by atoms with Crippen molar-refractivity contribution < 1.29 is 0 Å². The first-order valence-electron chi connectivity index (χ1n) is 5.11. The first kappa shape index (κ1) is 12.4. The molecule has 1 unspecified atom stereocenters. The Morgan fingerprint density at radius 2 is 2.20 bits per heavy atom. The summed E-state index contributed by atoms with van der Waals surface area (Å²) in [6.45, 7) is 3.71. The number of hydrogen-bond acceptors (Lipinski definition) is 2. The van der Waals surface area contributed by atoms with Crippen LogP contribution in [0.1, 0.15) is 30.9 Å². The first-order valence-corrected chi connectivity index (χ1v) is 5.90. The van der Waals surface area contributed by atoms with Crippen LogP contribution in [0.25, 0.3) is 0 Å². The van der Waals surface area contributed by atoms with Gasteiger partial charge in [0, 0.05) is 10.5 Å². The zero-order chi connectivity index (χ0) is 11.1. The molecular weight excluding hydrogens is 252 g/mol.